The molecule has 0 aliphatic heterocycles. The van der Waals surface area contributed by atoms with E-state index >= 15 is 0 Å². The first-order valence-electron chi connectivity index (χ1n) is 8.81. The summed E-state index contributed by atoms with van der Waals surface area (Å²) in [7, 11) is 5.32. The van der Waals surface area contributed by atoms with Crippen LogP contribution in [0.25, 0.3) is 0 Å². The molecular weight excluding hydrogens is 327 g/mol. The summed E-state index contributed by atoms with van der Waals surface area (Å²) in [5, 5.41) is 27.8. The van der Waals surface area contributed by atoms with Gasteiger partial charge in [-0.05, 0) is 25.7 Å². The van der Waals surface area contributed by atoms with Crippen molar-refractivity contribution < 1.29 is 20.1 Å². The van der Waals surface area contributed by atoms with Crippen molar-refractivity contribution in [2.45, 2.75) is 50.6 Å². The summed E-state index contributed by atoms with van der Waals surface area (Å²) < 4.78 is 0. The highest BCUT2D eigenvalue weighted by Gasteiger charge is 1.95. The van der Waals surface area contributed by atoms with Crippen molar-refractivity contribution in [1.29, 1.82) is 0 Å². The van der Waals surface area contributed by atoms with Crippen molar-refractivity contribution >= 4 is 13.8 Å². The van der Waals surface area contributed by atoms with Gasteiger partial charge in [-0.3, -0.25) is 4.79 Å². The Bertz CT molecular complexity index is 530. The standard InChI is InChI=1S/C21H29BO4/c22-18-12-11-16-20(24)14-8-5-3-1-2-4-7-13-19(23)15-9-6-10-17-21(25)26/h2-9,11-14,19-20,23-24H,1,10,15-18H2,(H,25,26)/b4-2+,5-3+,9-6+,12-11+,13-7+,14-8+. The molecule has 0 amide bonds. The molecule has 0 aliphatic rings. The van der Waals surface area contributed by atoms with E-state index in [9.17, 15) is 15.0 Å². The topological polar surface area (TPSA) is 77.8 Å². The van der Waals surface area contributed by atoms with E-state index in [-0.39, 0.29) is 6.42 Å². The van der Waals surface area contributed by atoms with Gasteiger partial charge in [-0.15, -0.1) is 0 Å². The maximum absolute atomic E-state index is 10.3. The number of rotatable bonds is 14. The average molecular weight is 356 g/mol. The van der Waals surface area contributed by atoms with Gasteiger partial charge in [-0.1, -0.05) is 79.2 Å². The molecule has 0 rings (SSSR count). The van der Waals surface area contributed by atoms with E-state index in [1.54, 1.807) is 30.4 Å². The summed E-state index contributed by atoms with van der Waals surface area (Å²) in [6, 6.07) is 0. The summed E-state index contributed by atoms with van der Waals surface area (Å²) in [6.07, 6.45) is 23.7. The van der Waals surface area contributed by atoms with E-state index in [0.717, 1.165) is 6.42 Å². The fraction of sp³-hybridized carbons (Fsp3) is 0.381. The zero-order valence-corrected chi connectivity index (χ0v) is 15.2. The van der Waals surface area contributed by atoms with Crippen molar-refractivity contribution in [2.24, 2.45) is 0 Å². The van der Waals surface area contributed by atoms with Gasteiger partial charge in [-0.2, -0.15) is 0 Å². The molecule has 3 N–H and O–H groups in total. The number of carboxylic acids is 1. The van der Waals surface area contributed by atoms with E-state index < -0.39 is 18.2 Å². The summed E-state index contributed by atoms with van der Waals surface area (Å²) in [4.78, 5) is 10.3. The highest BCUT2D eigenvalue weighted by Crippen LogP contribution is 2.00. The van der Waals surface area contributed by atoms with E-state index in [1.165, 1.54) is 0 Å². The van der Waals surface area contributed by atoms with Crippen LogP contribution < -0.4 is 0 Å². The molecule has 0 fully saturated rings. The molecule has 2 radical (unpaired) electrons. The molecule has 0 spiro atoms. The Morgan fingerprint density at radius 1 is 0.808 bits per heavy atom. The molecule has 0 saturated heterocycles. The maximum Gasteiger partial charge on any atom is 0.303 e. The lowest BCUT2D eigenvalue weighted by molar-refractivity contribution is -0.136. The Balaban J connectivity index is 3.85. The van der Waals surface area contributed by atoms with Crippen molar-refractivity contribution in [3.8, 4) is 0 Å². The van der Waals surface area contributed by atoms with Crippen molar-refractivity contribution in [2.75, 3.05) is 0 Å². The summed E-state index contributed by atoms with van der Waals surface area (Å²) in [5.74, 6) is -0.819. The molecular formula is C21H29BO4. The number of aliphatic hydroxyl groups excluding tert-OH is 2. The van der Waals surface area contributed by atoms with Crippen LogP contribution in [0.15, 0.2) is 72.9 Å². The molecule has 0 aliphatic carbocycles. The fourth-order valence-electron chi connectivity index (χ4n) is 1.83. The molecule has 0 aromatic rings. The second kappa shape index (κ2) is 17.7. The van der Waals surface area contributed by atoms with Gasteiger partial charge in [0.1, 0.15) is 0 Å². The van der Waals surface area contributed by atoms with E-state index in [0.29, 0.717) is 25.6 Å². The van der Waals surface area contributed by atoms with Gasteiger partial charge in [0.15, 0.2) is 0 Å². The summed E-state index contributed by atoms with van der Waals surface area (Å²) in [5.41, 5.74) is 0. The highest BCUT2D eigenvalue weighted by molar-refractivity contribution is 6.09. The van der Waals surface area contributed by atoms with Gasteiger partial charge in [0.05, 0.1) is 20.1 Å². The van der Waals surface area contributed by atoms with Crippen molar-refractivity contribution in [1.82, 2.24) is 0 Å². The van der Waals surface area contributed by atoms with Crippen LogP contribution in [-0.2, 0) is 4.79 Å². The first-order valence-corrected chi connectivity index (χ1v) is 8.81. The van der Waals surface area contributed by atoms with E-state index in [4.69, 9.17) is 13.0 Å². The lowest BCUT2D eigenvalue weighted by Crippen LogP contribution is -1.99. The van der Waals surface area contributed by atoms with Gasteiger partial charge in [0, 0.05) is 6.42 Å². The lowest BCUT2D eigenvalue weighted by atomic mass is 10.0. The summed E-state index contributed by atoms with van der Waals surface area (Å²) in [6.45, 7) is 0. The number of hydrogen-bond acceptors (Lipinski definition) is 3. The number of hydrogen-bond donors (Lipinski definition) is 3. The van der Waals surface area contributed by atoms with Crippen molar-refractivity contribution in [3.63, 3.8) is 0 Å². The first kappa shape index (κ1) is 23.9. The quantitative estimate of drug-likeness (QED) is 0.252. The minimum absolute atomic E-state index is 0.109. The van der Waals surface area contributed by atoms with Crippen LogP contribution in [0.3, 0.4) is 0 Å². The Hall–Kier alpha value is -2.11. The SMILES string of the molecule is [B]C/C=C/CC(O)/C=C/C=C/C/C=C/C=C/C(O)C/C=C/CCC(=O)O. The van der Waals surface area contributed by atoms with Crippen LogP contribution in [0.4, 0.5) is 0 Å². The third kappa shape index (κ3) is 18.2. The number of carbonyl (C=O) groups is 1. The van der Waals surface area contributed by atoms with Gasteiger partial charge in [0.2, 0.25) is 0 Å². The van der Waals surface area contributed by atoms with E-state index in [2.05, 4.69) is 0 Å². The smallest absolute Gasteiger partial charge is 0.303 e. The lowest BCUT2D eigenvalue weighted by Gasteiger charge is -1.99. The Labute approximate surface area is 158 Å². The molecule has 140 valence electrons. The maximum atomic E-state index is 10.3. The van der Waals surface area contributed by atoms with Crippen LogP contribution >= 0.6 is 0 Å². The normalized spacial score (nSPS) is 15.5. The Morgan fingerprint density at radius 3 is 1.85 bits per heavy atom. The minimum atomic E-state index is -0.819. The molecule has 26 heavy (non-hydrogen) atoms. The second-order valence-electron chi connectivity index (χ2n) is 5.58. The fourth-order valence-corrected chi connectivity index (χ4v) is 1.83. The molecule has 0 bridgehead atoms. The third-order valence-corrected chi connectivity index (χ3v) is 3.18. The second-order valence-corrected chi connectivity index (χ2v) is 5.58. The molecule has 2 atom stereocenters. The Morgan fingerprint density at radius 2 is 1.35 bits per heavy atom. The zero-order chi connectivity index (χ0) is 19.5. The molecule has 0 aromatic heterocycles. The van der Waals surface area contributed by atoms with Gasteiger partial charge in [0.25, 0.3) is 0 Å². The third-order valence-electron chi connectivity index (χ3n) is 3.18. The number of allylic oxidation sites excluding steroid dienone is 8. The molecule has 2 unspecified atom stereocenters. The number of aliphatic carboxylic acids is 1. The average Bonchev–Trinajstić information content (AvgIpc) is 2.60. The molecule has 0 saturated carbocycles. The monoisotopic (exact) mass is 356 g/mol. The summed E-state index contributed by atoms with van der Waals surface area (Å²) >= 11 is 0. The van der Waals surface area contributed by atoms with Crippen LogP contribution in [-0.4, -0.2) is 41.3 Å². The first-order chi connectivity index (χ1) is 12.6. The minimum Gasteiger partial charge on any atom is -0.481 e. The largest absolute Gasteiger partial charge is 0.481 e. The molecule has 0 aromatic carbocycles. The van der Waals surface area contributed by atoms with Crippen LogP contribution in [0, 0.1) is 0 Å². The highest BCUT2D eigenvalue weighted by atomic mass is 16.4. The number of carboxylic acid groups (broad SMARTS) is 1. The predicted octanol–water partition coefficient (Wildman–Crippen LogP) is 3.67. The molecule has 5 heteroatoms. The molecule has 4 nitrogen and oxygen atoms in total. The van der Waals surface area contributed by atoms with Crippen LogP contribution in [0.1, 0.15) is 32.1 Å². The zero-order valence-electron chi connectivity index (χ0n) is 15.2. The van der Waals surface area contributed by atoms with Crippen LogP contribution in [0.2, 0.25) is 6.32 Å². The van der Waals surface area contributed by atoms with Gasteiger partial charge < -0.3 is 15.3 Å². The predicted molar refractivity (Wildman–Crippen MR) is 108 cm³/mol. The van der Waals surface area contributed by atoms with Crippen molar-refractivity contribution in [3.05, 3.63) is 72.9 Å². The van der Waals surface area contributed by atoms with Gasteiger partial charge >= 0.3 is 5.97 Å². The number of aliphatic hydroxyl groups is 2. The van der Waals surface area contributed by atoms with Gasteiger partial charge in [-0.25, -0.2) is 0 Å². The van der Waals surface area contributed by atoms with Crippen LogP contribution in [0.5, 0.6) is 0 Å². The molecule has 0 heterocycles. The van der Waals surface area contributed by atoms with E-state index in [1.807, 2.05) is 42.5 Å². The Kier molecular flexibility index (Phi) is 16.3.